The number of ether oxygens (including phenoxy) is 1. The molecule has 0 saturated heterocycles. The highest BCUT2D eigenvalue weighted by atomic mass is 19.1. The third kappa shape index (κ3) is 3.50. The predicted octanol–water partition coefficient (Wildman–Crippen LogP) is 2.85. The third-order valence-corrected chi connectivity index (χ3v) is 5.97. The molecule has 1 aromatic heterocycles. The number of benzene rings is 2. The van der Waals surface area contributed by atoms with Crippen LogP contribution in [-0.4, -0.2) is 45.6 Å². The molecule has 1 aliphatic rings. The number of halogens is 1. The zero-order valence-electron chi connectivity index (χ0n) is 17.3. The average Bonchev–Trinajstić information content (AvgIpc) is 3.38. The molecule has 1 aliphatic carbocycles. The van der Waals surface area contributed by atoms with Crippen LogP contribution in [0.4, 0.5) is 4.39 Å². The van der Waals surface area contributed by atoms with E-state index in [2.05, 4.69) is 5.10 Å². The highest BCUT2D eigenvalue weighted by Gasteiger charge is 2.60. The summed E-state index contributed by atoms with van der Waals surface area (Å²) in [6, 6.07) is 8.54. The fraction of sp³-hybridized carbons (Fsp3) is 0.261. The van der Waals surface area contributed by atoms with E-state index in [4.69, 9.17) is 10.5 Å². The molecule has 32 heavy (non-hydrogen) atoms. The minimum atomic E-state index is -1.15. The van der Waals surface area contributed by atoms with E-state index in [1.807, 2.05) is 0 Å². The van der Waals surface area contributed by atoms with Gasteiger partial charge in [0.1, 0.15) is 17.1 Å². The lowest BCUT2D eigenvalue weighted by molar-refractivity contribution is -0.124. The van der Waals surface area contributed by atoms with E-state index in [0.29, 0.717) is 23.0 Å². The van der Waals surface area contributed by atoms with E-state index < -0.39 is 17.3 Å². The summed E-state index contributed by atoms with van der Waals surface area (Å²) in [5, 5.41) is 24.1. The van der Waals surface area contributed by atoms with Crippen molar-refractivity contribution in [2.45, 2.75) is 18.9 Å². The van der Waals surface area contributed by atoms with Crippen LogP contribution in [0.3, 0.4) is 0 Å². The number of carboxylic acids is 1. The third-order valence-electron chi connectivity index (χ3n) is 5.97. The van der Waals surface area contributed by atoms with Crippen LogP contribution in [0, 0.1) is 11.2 Å². The number of carbonyl (C=O) groups excluding carboxylic acids is 1. The van der Waals surface area contributed by atoms with Gasteiger partial charge in [-0.25, -0.2) is 9.18 Å². The SMILES string of the molecule is COc1c(C(=O)O)ccc2c1c(C=Cc1ccc(F)cc1)nn2C1CC1(CCO)C(N)=O. The predicted molar refractivity (Wildman–Crippen MR) is 116 cm³/mol. The van der Waals surface area contributed by atoms with Crippen molar-refractivity contribution in [2.24, 2.45) is 11.1 Å². The fourth-order valence-electron chi connectivity index (χ4n) is 4.18. The summed E-state index contributed by atoms with van der Waals surface area (Å²) in [6.07, 6.45) is 4.03. The molecular weight excluding hydrogens is 417 g/mol. The van der Waals surface area contributed by atoms with Gasteiger partial charge in [-0.05, 0) is 48.7 Å². The Balaban J connectivity index is 1.88. The number of hydrogen-bond acceptors (Lipinski definition) is 5. The lowest BCUT2D eigenvalue weighted by Gasteiger charge is -2.13. The minimum absolute atomic E-state index is 0.0247. The van der Waals surface area contributed by atoms with Crippen molar-refractivity contribution in [1.29, 1.82) is 0 Å². The summed E-state index contributed by atoms with van der Waals surface area (Å²) in [6.45, 7) is -0.192. The second-order valence-corrected chi connectivity index (χ2v) is 7.77. The normalized spacial score (nSPS) is 20.0. The van der Waals surface area contributed by atoms with Crippen LogP contribution in [-0.2, 0) is 4.79 Å². The number of carboxylic acid groups (broad SMARTS) is 1. The summed E-state index contributed by atoms with van der Waals surface area (Å²) in [4.78, 5) is 23.9. The zero-order chi connectivity index (χ0) is 23.0. The summed E-state index contributed by atoms with van der Waals surface area (Å²) in [5.74, 6) is -1.88. The lowest BCUT2D eigenvalue weighted by atomic mass is 10.0. The number of aliphatic hydroxyl groups excluding tert-OH is 1. The summed E-state index contributed by atoms with van der Waals surface area (Å²) in [5.41, 5.74) is 6.42. The van der Waals surface area contributed by atoms with Gasteiger partial charge in [-0.1, -0.05) is 18.2 Å². The summed E-state index contributed by atoms with van der Waals surface area (Å²) in [7, 11) is 1.38. The minimum Gasteiger partial charge on any atom is -0.495 e. The Bertz CT molecular complexity index is 1230. The number of primary amides is 1. The average molecular weight is 439 g/mol. The molecule has 4 rings (SSSR count). The summed E-state index contributed by atoms with van der Waals surface area (Å²) >= 11 is 0. The molecule has 1 fully saturated rings. The van der Waals surface area contributed by atoms with Crippen LogP contribution in [0.1, 0.15) is 40.5 Å². The van der Waals surface area contributed by atoms with Crippen molar-refractivity contribution in [2.75, 3.05) is 13.7 Å². The fourth-order valence-corrected chi connectivity index (χ4v) is 4.18. The molecule has 9 heteroatoms. The van der Waals surface area contributed by atoms with Gasteiger partial charge in [0.25, 0.3) is 0 Å². The van der Waals surface area contributed by atoms with Crippen LogP contribution >= 0.6 is 0 Å². The Morgan fingerprint density at radius 1 is 1.28 bits per heavy atom. The number of rotatable bonds is 8. The molecule has 0 aliphatic heterocycles. The molecule has 1 heterocycles. The molecule has 4 N–H and O–H groups in total. The Hall–Kier alpha value is -3.72. The smallest absolute Gasteiger partial charge is 0.339 e. The first-order valence-electron chi connectivity index (χ1n) is 9.99. The molecule has 2 atom stereocenters. The van der Waals surface area contributed by atoms with E-state index in [1.54, 1.807) is 35.0 Å². The Morgan fingerprint density at radius 2 is 2.00 bits per heavy atom. The van der Waals surface area contributed by atoms with Crippen molar-refractivity contribution in [3.8, 4) is 5.75 Å². The first-order valence-corrected chi connectivity index (χ1v) is 9.99. The van der Waals surface area contributed by atoms with Gasteiger partial charge in [-0.3, -0.25) is 9.48 Å². The van der Waals surface area contributed by atoms with Gasteiger partial charge in [0.15, 0.2) is 0 Å². The Morgan fingerprint density at radius 3 is 2.59 bits per heavy atom. The standard InChI is InChI=1S/C23H22FN3O5/c1-32-20-15(21(29)30)7-9-17-19(20)16(8-4-13-2-5-14(24)6-3-13)26-27(17)18-12-23(18,10-11-28)22(25)31/h2-9,18,28H,10-12H2,1H3,(H2,25,31)(H,29,30). The van der Waals surface area contributed by atoms with Crippen molar-refractivity contribution in [3.63, 3.8) is 0 Å². The Kier molecular flexibility index (Phi) is 5.43. The van der Waals surface area contributed by atoms with Gasteiger partial charge < -0.3 is 20.7 Å². The monoisotopic (exact) mass is 439 g/mol. The zero-order valence-corrected chi connectivity index (χ0v) is 17.3. The van der Waals surface area contributed by atoms with E-state index in [1.165, 1.54) is 25.3 Å². The summed E-state index contributed by atoms with van der Waals surface area (Å²) < 4.78 is 20.3. The van der Waals surface area contributed by atoms with E-state index in [0.717, 1.165) is 5.56 Å². The highest BCUT2D eigenvalue weighted by molar-refractivity contribution is 6.03. The Labute approximate surface area is 182 Å². The number of hydrogen-bond donors (Lipinski definition) is 3. The van der Waals surface area contributed by atoms with Gasteiger partial charge in [-0.15, -0.1) is 0 Å². The number of aliphatic hydroxyl groups is 1. The number of aromatic carboxylic acids is 1. The number of nitrogens with two attached hydrogens (primary N) is 1. The molecule has 1 amide bonds. The molecule has 1 saturated carbocycles. The van der Waals surface area contributed by atoms with E-state index in [9.17, 15) is 24.2 Å². The lowest BCUT2D eigenvalue weighted by Crippen LogP contribution is -2.28. The van der Waals surface area contributed by atoms with E-state index in [-0.39, 0.29) is 36.2 Å². The number of methoxy groups -OCH3 is 1. The van der Waals surface area contributed by atoms with Crippen molar-refractivity contribution < 1.29 is 28.9 Å². The van der Waals surface area contributed by atoms with Gasteiger partial charge in [0, 0.05) is 6.61 Å². The second-order valence-electron chi connectivity index (χ2n) is 7.77. The van der Waals surface area contributed by atoms with Crippen LogP contribution in [0.25, 0.3) is 23.1 Å². The molecule has 2 unspecified atom stereocenters. The maximum atomic E-state index is 13.2. The molecule has 0 spiro atoms. The van der Waals surface area contributed by atoms with Gasteiger partial charge in [0.05, 0.1) is 35.2 Å². The molecular formula is C23H22FN3O5. The van der Waals surface area contributed by atoms with Gasteiger partial charge in [0.2, 0.25) is 5.91 Å². The number of carbonyl (C=O) groups is 2. The van der Waals surface area contributed by atoms with Gasteiger partial charge in [-0.2, -0.15) is 5.10 Å². The first-order chi connectivity index (χ1) is 15.3. The van der Waals surface area contributed by atoms with Crippen LogP contribution < -0.4 is 10.5 Å². The number of fused-ring (bicyclic) bond motifs is 1. The van der Waals surface area contributed by atoms with Crippen molar-refractivity contribution in [3.05, 3.63) is 59.0 Å². The molecule has 2 aromatic carbocycles. The van der Waals surface area contributed by atoms with Crippen LogP contribution in [0.5, 0.6) is 5.75 Å². The topological polar surface area (TPSA) is 128 Å². The van der Waals surface area contributed by atoms with Gasteiger partial charge >= 0.3 is 5.97 Å². The number of aromatic nitrogens is 2. The quantitative estimate of drug-likeness (QED) is 0.495. The number of amides is 1. The molecule has 0 radical (unpaired) electrons. The molecule has 0 bridgehead atoms. The van der Waals surface area contributed by atoms with E-state index >= 15 is 0 Å². The second kappa shape index (κ2) is 8.08. The maximum absolute atomic E-state index is 13.2. The number of nitrogens with zero attached hydrogens (tertiary/aromatic N) is 2. The first kappa shape index (κ1) is 21.5. The molecule has 8 nitrogen and oxygen atoms in total. The molecule has 166 valence electrons. The van der Waals surface area contributed by atoms with Crippen LogP contribution in [0.2, 0.25) is 0 Å². The van der Waals surface area contributed by atoms with Crippen molar-refractivity contribution in [1.82, 2.24) is 9.78 Å². The highest BCUT2D eigenvalue weighted by Crippen LogP contribution is 2.59. The molecule has 3 aromatic rings. The maximum Gasteiger partial charge on any atom is 0.339 e. The van der Waals surface area contributed by atoms with Crippen LogP contribution in [0.15, 0.2) is 36.4 Å². The largest absolute Gasteiger partial charge is 0.495 e. The van der Waals surface area contributed by atoms with Crippen molar-refractivity contribution >= 4 is 34.9 Å².